The fourth-order valence-electron chi connectivity index (χ4n) is 5.29. The number of pyridine rings is 1. The molecule has 0 radical (unpaired) electrons. The van der Waals surface area contributed by atoms with Gasteiger partial charge in [-0.15, -0.1) is 0 Å². The predicted octanol–water partition coefficient (Wildman–Crippen LogP) is 4.33. The van der Waals surface area contributed by atoms with Gasteiger partial charge < -0.3 is 15.1 Å². The zero-order valence-corrected chi connectivity index (χ0v) is 20.4. The topological polar surface area (TPSA) is 65.5 Å². The van der Waals surface area contributed by atoms with Crippen LogP contribution in [0.15, 0.2) is 42.6 Å². The Balaban J connectivity index is 1.51. The SMILES string of the molecule is CN1CC(C(=O)N(C)[C@@H](c2ccc(N[C@H]3Cc4ccccc4C3(C)C)cn2)C(F)(F)F)CCC1=O. The van der Waals surface area contributed by atoms with Crippen molar-refractivity contribution in [2.75, 3.05) is 26.0 Å². The predicted molar refractivity (Wildman–Crippen MR) is 127 cm³/mol. The summed E-state index contributed by atoms with van der Waals surface area (Å²) in [6.07, 6.45) is -2.09. The van der Waals surface area contributed by atoms with E-state index in [2.05, 4.69) is 36.3 Å². The number of halogens is 3. The van der Waals surface area contributed by atoms with E-state index in [1.165, 1.54) is 28.3 Å². The number of piperidine rings is 1. The van der Waals surface area contributed by atoms with E-state index in [9.17, 15) is 22.8 Å². The highest BCUT2D eigenvalue weighted by atomic mass is 19.4. The van der Waals surface area contributed by atoms with E-state index in [-0.39, 0.29) is 42.4 Å². The van der Waals surface area contributed by atoms with Crippen LogP contribution < -0.4 is 5.32 Å². The summed E-state index contributed by atoms with van der Waals surface area (Å²) in [7, 11) is 2.71. The molecule has 4 rings (SSSR count). The summed E-state index contributed by atoms with van der Waals surface area (Å²) in [5.41, 5.74) is 2.75. The highest BCUT2D eigenvalue weighted by Gasteiger charge is 2.47. The molecule has 1 aliphatic carbocycles. The lowest BCUT2D eigenvalue weighted by Gasteiger charge is -2.35. The molecule has 188 valence electrons. The first-order chi connectivity index (χ1) is 16.4. The van der Waals surface area contributed by atoms with E-state index in [0.29, 0.717) is 5.69 Å². The molecular weight excluding hydrogens is 457 g/mol. The maximum atomic E-state index is 14.1. The second-order valence-electron chi connectivity index (χ2n) is 10.2. The summed E-state index contributed by atoms with van der Waals surface area (Å²) >= 11 is 0. The Hall–Kier alpha value is -3.10. The molecule has 0 bridgehead atoms. The number of nitrogens with one attached hydrogen (secondary N) is 1. The molecular formula is C26H31F3N4O2. The molecule has 1 fully saturated rings. The minimum atomic E-state index is -4.70. The van der Waals surface area contributed by atoms with Gasteiger partial charge in [0, 0.05) is 38.5 Å². The summed E-state index contributed by atoms with van der Waals surface area (Å²) in [6, 6.07) is 9.05. The number of aromatic nitrogens is 1. The normalized spacial score (nSPS) is 22.5. The zero-order valence-electron chi connectivity index (χ0n) is 20.4. The molecule has 6 nitrogen and oxygen atoms in total. The Morgan fingerprint density at radius 3 is 2.54 bits per heavy atom. The van der Waals surface area contributed by atoms with E-state index in [1.807, 2.05) is 12.1 Å². The average Bonchev–Trinajstić information content (AvgIpc) is 3.05. The van der Waals surface area contributed by atoms with Gasteiger partial charge in [-0.3, -0.25) is 14.6 Å². The Bertz CT molecular complexity index is 1100. The number of fused-ring (bicyclic) bond motifs is 1. The third-order valence-electron chi connectivity index (χ3n) is 7.44. The number of nitrogens with zero attached hydrogens (tertiary/aromatic N) is 3. The van der Waals surface area contributed by atoms with Gasteiger partial charge in [0.2, 0.25) is 11.8 Å². The van der Waals surface area contributed by atoms with Crippen LogP contribution in [0.5, 0.6) is 0 Å². The summed E-state index contributed by atoms with van der Waals surface area (Å²) in [5, 5.41) is 3.43. The molecule has 9 heteroatoms. The number of anilines is 1. The van der Waals surface area contributed by atoms with Crippen LogP contribution in [0.25, 0.3) is 0 Å². The molecule has 2 heterocycles. The molecule has 1 aromatic heterocycles. The van der Waals surface area contributed by atoms with Crippen LogP contribution in [-0.4, -0.2) is 59.5 Å². The molecule has 2 amide bonds. The van der Waals surface area contributed by atoms with Crippen molar-refractivity contribution in [1.82, 2.24) is 14.8 Å². The first kappa shape index (κ1) is 25.0. The molecule has 1 aliphatic heterocycles. The van der Waals surface area contributed by atoms with E-state index in [1.54, 1.807) is 13.1 Å². The first-order valence-electron chi connectivity index (χ1n) is 11.8. The van der Waals surface area contributed by atoms with Crippen molar-refractivity contribution >= 4 is 17.5 Å². The van der Waals surface area contributed by atoms with Gasteiger partial charge in [0.1, 0.15) is 0 Å². The standard InChI is InChI=1S/C26H31F3N4O2/c1-25(2)19-8-6-5-7-16(19)13-21(25)31-18-10-11-20(30-14-18)23(26(27,28)29)33(4)24(35)17-9-12-22(34)32(3)15-17/h5-8,10-11,14,17,21,23,31H,9,12-13,15H2,1-4H3/t17?,21-,23-/m0/s1. The third-order valence-corrected chi connectivity index (χ3v) is 7.44. The number of rotatable bonds is 5. The van der Waals surface area contributed by atoms with Crippen LogP contribution in [-0.2, 0) is 21.4 Å². The molecule has 1 aromatic carbocycles. The van der Waals surface area contributed by atoms with Gasteiger partial charge in [-0.05, 0) is 36.1 Å². The number of benzene rings is 1. The number of alkyl halides is 3. The second-order valence-corrected chi connectivity index (χ2v) is 10.2. The first-order valence-corrected chi connectivity index (χ1v) is 11.8. The highest BCUT2D eigenvalue weighted by Crippen LogP contribution is 2.41. The van der Waals surface area contributed by atoms with Crippen molar-refractivity contribution < 1.29 is 22.8 Å². The summed E-state index contributed by atoms with van der Waals surface area (Å²) in [4.78, 5) is 30.9. The van der Waals surface area contributed by atoms with Crippen molar-refractivity contribution in [3.05, 3.63) is 59.4 Å². The number of carbonyl (C=O) groups is 2. The Morgan fingerprint density at radius 1 is 1.23 bits per heavy atom. The summed E-state index contributed by atoms with van der Waals surface area (Å²) in [6.45, 7) is 4.41. The zero-order chi connectivity index (χ0) is 25.5. The number of likely N-dealkylation sites (tertiary alicyclic amines) is 1. The molecule has 1 saturated heterocycles. The molecule has 1 unspecified atom stereocenters. The quantitative estimate of drug-likeness (QED) is 0.681. The third kappa shape index (κ3) is 4.86. The van der Waals surface area contributed by atoms with Gasteiger partial charge in [0.05, 0.1) is 23.5 Å². The summed E-state index contributed by atoms with van der Waals surface area (Å²) < 4.78 is 42.3. The van der Waals surface area contributed by atoms with Gasteiger partial charge in [0.25, 0.3) is 0 Å². The van der Waals surface area contributed by atoms with Gasteiger partial charge in [-0.25, -0.2) is 0 Å². The van der Waals surface area contributed by atoms with E-state index < -0.39 is 24.0 Å². The second kappa shape index (κ2) is 9.17. The van der Waals surface area contributed by atoms with E-state index in [0.717, 1.165) is 18.4 Å². The Labute approximate surface area is 203 Å². The van der Waals surface area contributed by atoms with E-state index in [4.69, 9.17) is 0 Å². The van der Waals surface area contributed by atoms with Crippen molar-refractivity contribution in [3.63, 3.8) is 0 Å². The highest BCUT2D eigenvalue weighted by molar-refractivity contribution is 5.84. The van der Waals surface area contributed by atoms with Crippen LogP contribution in [0, 0.1) is 5.92 Å². The molecule has 1 N–H and O–H groups in total. The number of hydrogen-bond acceptors (Lipinski definition) is 4. The maximum absolute atomic E-state index is 14.1. The lowest BCUT2D eigenvalue weighted by molar-refractivity contribution is -0.192. The van der Waals surface area contributed by atoms with Crippen LogP contribution >= 0.6 is 0 Å². The van der Waals surface area contributed by atoms with Gasteiger partial charge in [-0.1, -0.05) is 38.1 Å². The Kier molecular flexibility index (Phi) is 6.55. The number of carbonyl (C=O) groups excluding carboxylic acids is 2. The molecule has 0 saturated carbocycles. The van der Waals surface area contributed by atoms with Crippen LogP contribution in [0.4, 0.5) is 18.9 Å². The fraction of sp³-hybridized carbons (Fsp3) is 0.500. The summed E-state index contributed by atoms with van der Waals surface area (Å²) in [5.74, 6) is -1.41. The van der Waals surface area contributed by atoms with Crippen molar-refractivity contribution in [3.8, 4) is 0 Å². The number of hydrogen-bond donors (Lipinski definition) is 1. The van der Waals surface area contributed by atoms with Crippen molar-refractivity contribution in [1.29, 1.82) is 0 Å². The molecule has 3 atom stereocenters. The molecule has 2 aliphatic rings. The average molecular weight is 489 g/mol. The van der Waals surface area contributed by atoms with Crippen LogP contribution in [0.3, 0.4) is 0 Å². The van der Waals surface area contributed by atoms with Crippen LogP contribution in [0.1, 0.15) is 49.6 Å². The monoisotopic (exact) mass is 488 g/mol. The van der Waals surface area contributed by atoms with Crippen molar-refractivity contribution in [2.45, 2.75) is 56.8 Å². The maximum Gasteiger partial charge on any atom is 0.414 e. The smallest absolute Gasteiger partial charge is 0.380 e. The minimum Gasteiger partial charge on any atom is -0.380 e. The van der Waals surface area contributed by atoms with Gasteiger partial charge in [0.15, 0.2) is 6.04 Å². The van der Waals surface area contributed by atoms with Crippen LogP contribution in [0.2, 0.25) is 0 Å². The lowest BCUT2D eigenvalue weighted by Crippen LogP contribution is -2.48. The van der Waals surface area contributed by atoms with E-state index >= 15 is 0 Å². The number of amides is 2. The molecule has 35 heavy (non-hydrogen) atoms. The largest absolute Gasteiger partial charge is 0.414 e. The minimum absolute atomic E-state index is 0.0706. The fourth-order valence-corrected chi connectivity index (χ4v) is 5.29. The molecule has 2 aromatic rings. The lowest BCUT2D eigenvalue weighted by atomic mass is 9.83. The van der Waals surface area contributed by atoms with Gasteiger partial charge >= 0.3 is 6.18 Å². The Morgan fingerprint density at radius 2 is 1.94 bits per heavy atom. The van der Waals surface area contributed by atoms with Gasteiger partial charge in [-0.2, -0.15) is 13.2 Å². The van der Waals surface area contributed by atoms with Crippen molar-refractivity contribution in [2.24, 2.45) is 5.92 Å². The molecule has 0 spiro atoms.